The van der Waals surface area contributed by atoms with E-state index in [2.05, 4.69) is 16.4 Å². The van der Waals surface area contributed by atoms with E-state index in [0.29, 0.717) is 6.42 Å². The summed E-state index contributed by atoms with van der Waals surface area (Å²) >= 11 is 0. The van der Waals surface area contributed by atoms with Crippen LogP contribution in [0.15, 0.2) is 18.3 Å². The van der Waals surface area contributed by atoms with Gasteiger partial charge >= 0.3 is 0 Å². The van der Waals surface area contributed by atoms with Crippen molar-refractivity contribution in [1.29, 1.82) is 5.26 Å². The monoisotopic (exact) mass is 221 g/mol. The molecule has 4 heteroatoms. The predicted molar refractivity (Wildman–Crippen MR) is 60.1 cm³/mol. The first-order valence-electron chi connectivity index (χ1n) is 5.46. The maximum Gasteiger partial charge on any atom is 0.141 e. The summed E-state index contributed by atoms with van der Waals surface area (Å²) in [5.41, 5.74) is 0.835. The topological polar surface area (TPSA) is 48.7 Å². The third-order valence-electron chi connectivity index (χ3n) is 2.36. The van der Waals surface area contributed by atoms with E-state index in [1.54, 1.807) is 6.07 Å². The first-order valence-corrected chi connectivity index (χ1v) is 5.46. The number of hydrogen-bond donors (Lipinski definition) is 1. The number of aromatic nitrogens is 1. The highest BCUT2D eigenvalue weighted by molar-refractivity contribution is 5.08. The van der Waals surface area contributed by atoms with Gasteiger partial charge in [0.1, 0.15) is 5.82 Å². The number of unbranched alkanes of at least 4 members (excludes halogenated alkanes) is 2. The summed E-state index contributed by atoms with van der Waals surface area (Å²) in [4.78, 5) is 4.00. The van der Waals surface area contributed by atoms with Crippen molar-refractivity contribution in [3.05, 3.63) is 29.8 Å². The Hall–Kier alpha value is -1.47. The van der Waals surface area contributed by atoms with Crippen LogP contribution >= 0.6 is 0 Å². The van der Waals surface area contributed by atoms with E-state index in [1.807, 2.05) is 6.92 Å². The molecule has 0 fully saturated rings. The van der Waals surface area contributed by atoms with E-state index in [4.69, 9.17) is 5.26 Å². The van der Waals surface area contributed by atoms with Crippen LogP contribution in [-0.4, -0.2) is 11.5 Å². The molecule has 1 atom stereocenters. The molecule has 0 amide bonds. The molecule has 0 bridgehead atoms. The average Bonchev–Trinajstić information content (AvgIpc) is 2.29. The summed E-state index contributed by atoms with van der Waals surface area (Å²) < 4.78 is 12.6. The molecule has 1 heterocycles. The van der Waals surface area contributed by atoms with Gasteiger partial charge in [-0.3, -0.25) is 4.98 Å². The number of hydrogen-bond acceptors (Lipinski definition) is 3. The number of nitrogens with zero attached hydrogens (tertiary/aromatic N) is 2. The first-order chi connectivity index (χ1) is 7.74. The van der Waals surface area contributed by atoms with Crippen molar-refractivity contribution in [1.82, 2.24) is 10.3 Å². The Morgan fingerprint density at radius 3 is 2.94 bits per heavy atom. The van der Waals surface area contributed by atoms with E-state index in [1.165, 1.54) is 12.3 Å². The summed E-state index contributed by atoms with van der Waals surface area (Å²) in [6.07, 6.45) is 3.71. The van der Waals surface area contributed by atoms with Crippen LogP contribution in [0.4, 0.5) is 4.39 Å². The highest BCUT2D eigenvalue weighted by Crippen LogP contribution is 2.09. The molecule has 1 aromatic rings. The minimum Gasteiger partial charge on any atom is -0.309 e. The van der Waals surface area contributed by atoms with Gasteiger partial charge in [-0.05, 0) is 38.4 Å². The Balaban J connectivity index is 2.27. The zero-order valence-electron chi connectivity index (χ0n) is 9.41. The molecule has 1 rings (SSSR count). The van der Waals surface area contributed by atoms with Crippen molar-refractivity contribution in [3.63, 3.8) is 0 Å². The van der Waals surface area contributed by atoms with Crippen LogP contribution in [0.1, 0.15) is 37.9 Å². The fourth-order valence-electron chi connectivity index (χ4n) is 1.40. The molecule has 1 N–H and O–H groups in total. The van der Waals surface area contributed by atoms with E-state index in [-0.39, 0.29) is 11.9 Å². The molecule has 1 aromatic heterocycles. The maximum atomic E-state index is 12.6. The number of halogens is 1. The predicted octanol–water partition coefficient (Wildman–Crippen LogP) is 2.57. The fourth-order valence-corrected chi connectivity index (χ4v) is 1.40. The van der Waals surface area contributed by atoms with E-state index in [0.717, 1.165) is 25.1 Å². The van der Waals surface area contributed by atoms with Gasteiger partial charge in [-0.15, -0.1) is 0 Å². The highest BCUT2D eigenvalue weighted by atomic mass is 19.1. The third kappa shape index (κ3) is 4.37. The van der Waals surface area contributed by atoms with Gasteiger partial charge in [0.2, 0.25) is 0 Å². The molecule has 0 radical (unpaired) electrons. The van der Waals surface area contributed by atoms with E-state index < -0.39 is 0 Å². The summed E-state index contributed by atoms with van der Waals surface area (Å²) in [5.74, 6) is -0.315. The van der Waals surface area contributed by atoms with Crippen LogP contribution in [0.2, 0.25) is 0 Å². The van der Waals surface area contributed by atoms with Crippen LogP contribution in [-0.2, 0) is 0 Å². The van der Waals surface area contributed by atoms with Crippen molar-refractivity contribution >= 4 is 0 Å². The molecule has 0 aromatic carbocycles. The summed E-state index contributed by atoms with van der Waals surface area (Å²) in [5, 5.41) is 11.6. The second-order valence-electron chi connectivity index (χ2n) is 3.69. The smallest absolute Gasteiger partial charge is 0.141 e. The average molecular weight is 221 g/mol. The highest BCUT2D eigenvalue weighted by Gasteiger charge is 2.05. The van der Waals surface area contributed by atoms with Gasteiger partial charge in [0.25, 0.3) is 0 Å². The summed E-state index contributed by atoms with van der Waals surface area (Å²) in [7, 11) is 0. The Morgan fingerprint density at radius 2 is 2.31 bits per heavy atom. The molecule has 16 heavy (non-hydrogen) atoms. The Bertz CT molecular complexity index is 342. The minimum atomic E-state index is -0.315. The van der Waals surface area contributed by atoms with Gasteiger partial charge < -0.3 is 5.32 Å². The van der Waals surface area contributed by atoms with Gasteiger partial charge in [0.15, 0.2) is 0 Å². The molecule has 0 aliphatic carbocycles. The minimum absolute atomic E-state index is 0.114. The quantitative estimate of drug-likeness (QED) is 0.751. The second kappa shape index (κ2) is 6.91. The van der Waals surface area contributed by atoms with Gasteiger partial charge in [0, 0.05) is 12.5 Å². The lowest BCUT2D eigenvalue weighted by molar-refractivity contribution is 0.535. The molecule has 0 aliphatic rings. The molecule has 3 nitrogen and oxygen atoms in total. The lowest BCUT2D eigenvalue weighted by Crippen LogP contribution is -2.20. The van der Waals surface area contributed by atoms with Crippen molar-refractivity contribution in [3.8, 4) is 6.07 Å². The molecule has 0 saturated carbocycles. The first kappa shape index (κ1) is 12.6. The third-order valence-corrected chi connectivity index (χ3v) is 2.36. The van der Waals surface area contributed by atoms with Crippen molar-refractivity contribution in [2.24, 2.45) is 0 Å². The number of nitrogens with one attached hydrogen (secondary N) is 1. The van der Waals surface area contributed by atoms with Gasteiger partial charge in [0.05, 0.1) is 18.0 Å². The van der Waals surface area contributed by atoms with Gasteiger partial charge in [-0.1, -0.05) is 0 Å². The van der Waals surface area contributed by atoms with Gasteiger partial charge in [-0.25, -0.2) is 4.39 Å². The Labute approximate surface area is 95.3 Å². The SMILES string of the molecule is CC(NCCCCC#N)c1ccc(F)cn1. The molecule has 0 spiro atoms. The van der Waals surface area contributed by atoms with Crippen molar-refractivity contribution in [2.75, 3.05) is 6.54 Å². The van der Waals surface area contributed by atoms with Gasteiger partial charge in [-0.2, -0.15) is 5.26 Å². The lowest BCUT2D eigenvalue weighted by Gasteiger charge is -2.12. The van der Waals surface area contributed by atoms with Crippen LogP contribution in [0.5, 0.6) is 0 Å². The molecule has 0 aliphatic heterocycles. The van der Waals surface area contributed by atoms with Crippen LogP contribution in [0.3, 0.4) is 0 Å². The van der Waals surface area contributed by atoms with Crippen LogP contribution in [0.25, 0.3) is 0 Å². The molecule has 86 valence electrons. The zero-order chi connectivity index (χ0) is 11.8. The molecule has 0 saturated heterocycles. The maximum absolute atomic E-state index is 12.6. The summed E-state index contributed by atoms with van der Waals surface area (Å²) in [6.45, 7) is 2.84. The number of nitriles is 1. The summed E-state index contributed by atoms with van der Waals surface area (Å²) in [6, 6.07) is 5.32. The molecule has 1 unspecified atom stereocenters. The standard InChI is InChI=1S/C12H16FN3/c1-10(15-8-4-2-3-7-14)12-6-5-11(13)9-16-12/h5-6,9-10,15H,2-4,8H2,1H3. The molecular formula is C12H16FN3. The fraction of sp³-hybridized carbons (Fsp3) is 0.500. The second-order valence-corrected chi connectivity index (χ2v) is 3.69. The number of rotatable bonds is 6. The van der Waals surface area contributed by atoms with E-state index >= 15 is 0 Å². The van der Waals surface area contributed by atoms with Crippen molar-refractivity contribution in [2.45, 2.75) is 32.2 Å². The normalized spacial score (nSPS) is 12.1. The van der Waals surface area contributed by atoms with E-state index in [9.17, 15) is 4.39 Å². The largest absolute Gasteiger partial charge is 0.309 e. The Morgan fingerprint density at radius 1 is 1.50 bits per heavy atom. The molecular weight excluding hydrogens is 205 g/mol. The van der Waals surface area contributed by atoms with Crippen LogP contribution < -0.4 is 5.32 Å². The zero-order valence-corrected chi connectivity index (χ0v) is 9.41. The number of pyridine rings is 1. The van der Waals surface area contributed by atoms with Crippen LogP contribution in [0, 0.1) is 17.1 Å². The lowest BCUT2D eigenvalue weighted by atomic mass is 10.2. The van der Waals surface area contributed by atoms with Crippen molar-refractivity contribution < 1.29 is 4.39 Å². The Kier molecular flexibility index (Phi) is 5.44.